The molecule has 1 aromatic heterocycles. The fourth-order valence-corrected chi connectivity index (χ4v) is 4.07. The van der Waals surface area contributed by atoms with Crippen LogP contribution in [0.15, 0.2) is 34.9 Å². The van der Waals surface area contributed by atoms with Gasteiger partial charge in [-0.1, -0.05) is 6.07 Å². The summed E-state index contributed by atoms with van der Waals surface area (Å²) in [6.07, 6.45) is 1.74. The van der Waals surface area contributed by atoms with Gasteiger partial charge in [0.2, 0.25) is 0 Å². The van der Waals surface area contributed by atoms with Crippen molar-refractivity contribution in [3.8, 4) is 0 Å². The van der Waals surface area contributed by atoms with E-state index in [0.717, 1.165) is 63.5 Å². The summed E-state index contributed by atoms with van der Waals surface area (Å²) in [4.78, 5) is 4.96. The molecule has 2 fully saturated rings. The molecule has 5 heteroatoms. The van der Waals surface area contributed by atoms with Crippen LogP contribution in [0, 0.1) is 11.8 Å². The maximum Gasteiger partial charge on any atom is 0.133 e. The zero-order valence-electron chi connectivity index (χ0n) is 14.1. The number of nitrogens with zero attached hydrogens (tertiary/aromatic N) is 2. The summed E-state index contributed by atoms with van der Waals surface area (Å²) in [5.74, 6) is 0.927. The normalized spacial score (nSPS) is 26.4. The number of furan rings is 1. The molecule has 2 aliphatic rings. The van der Waals surface area contributed by atoms with Gasteiger partial charge in [0.1, 0.15) is 5.58 Å². The Kier molecular flexibility index (Phi) is 4.85. The minimum Gasteiger partial charge on any atom is -0.464 e. The van der Waals surface area contributed by atoms with E-state index >= 15 is 0 Å². The third-order valence-electron chi connectivity index (χ3n) is 5.41. The third kappa shape index (κ3) is 3.49. The maximum absolute atomic E-state index is 9.78. The molecule has 0 unspecified atom stereocenters. The smallest absolute Gasteiger partial charge is 0.133 e. The van der Waals surface area contributed by atoms with Crippen LogP contribution in [0.5, 0.6) is 0 Å². The van der Waals surface area contributed by atoms with Crippen LogP contribution < -0.4 is 0 Å². The third-order valence-corrected chi connectivity index (χ3v) is 5.41. The zero-order valence-corrected chi connectivity index (χ0v) is 14.1. The van der Waals surface area contributed by atoms with Gasteiger partial charge < -0.3 is 14.3 Å². The Hall–Kier alpha value is -1.40. The van der Waals surface area contributed by atoms with Crippen molar-refractivity contribution in [1.82, 2.24) is 9.80 Å². The van der Waals surface area contributed by atoms with E-state index in [4.69, 9.17) is 9.15 Å². The minimum atomic E-state index is 0.284. The zero-order chi connectivity index (χ0) is 16.4. The van der Waals surface area contributed by atoms with Crippen LogP contribution in [-0.2, 0) is 11.3 Å². The second-order valence-corrected chi connectivity index (χ2v) is 7.10. The quantitative estimate of drug-likeness (QED) is 0.906. The van der Waals surface area contributed by atoms with Crippen LogP contribution in [0.2, 0.25) is 0 Å². The molecule has 0 spiro atoms. The van der Waals surface area contributed by atoms with Gasteiger partial charge in [-0.25, -0.2) is 0 Å². The molecule has 1 N–H and O–H groups in total. The van der Waals surface area contributed by atoms with E-state index in [1.54, 1.807) is 6.26 Å². The molecule has 3 heterocycles. The highest BCUT2D eigenvalue weighted by molar-refractivity contribution is 5.77. The largest absolute Gasteiger partial charge is 0.464 e. The molecule has 24 heavy (non-hydrogen) atoms. The molecule has 2 aliphatic heterocycles. The van der Waals surface area contributed by atoms with E-state index in [1.807, 2.05) is 6.07 Å². The number of hydrogen-bond acceptors (Lipinski definition) is 5. The van der Waals surface area contributed by atoms with Crippen molar-refractivity contribution in [1.29, 1.82) is 0 Å². The van der Waals surface area contributed by atoms with Crippen molar-refractivity contribution in [3.05, 3.63) is 36.1 Å². The average Bonchev–Trinajstić information content (AvgIpc) is 3.22. The number of benzene rings is 1. The molecule has 130 valence electrons. The lowest BCUT2D eigenvalue weighted by atomic mass is 9.96. The van der Waals surface area contributed by atoms with Gasteiger partial charge in [0.15, 0.2) is 0 Å². The standard InChI is InChI=1S/C19H26N2O3/c22-14-18-13-21(12-17(18)11-20-4-7-23-8-5-20)10-15-1-2-19-16(9-15)3-6-24-19/h1-3,6,9,17-18,22H,4-5,7-8,10-14H2/t17-,18-/m0/s1. The van der Waals surface area contributed by atoms with E-state index in [0.29, 0.717) is 11.8 Å². The Morgan fingerprint density at radius 3 is 2.71 bits per heavy atom. The van der Waals surface area contributed by atoms with Gasteiger partial charge in [0.05, 0.1) is 19.5 Å². The van der Waals surface area contributed by atoms with E-state index in [1.165, 1.54) is 5.56 Å². The Morgan fingerprint density at radius 1 is 1.04 bits per heavy atom. The van der Waals surface area contributed by atoms with Crippen LogP contribution in [0.3, 0.4) is 0 Å². The van der Waals surface area contributed by atoms with Crippen molar-refractivity contribution >= 4 is 11.0 Å². The summed E-state index contributed by atoms with van der Waals surface area (Å²) in [6, 6.07) is 8.42. The Morgan fingerprint density at radius 2 is 1.88 bits per heavy atom. The van der Waals surface area contributed by atoms with Gasteiger partial charge in [-0.15, -0.1) is 0 Å². The highest BCUT2D eigenvalue weighted by Crippen LogP contribution is 2.27. The Labute approximate surface area is 142 Å². The second kappa shape index (κ2) is 7.23. The van der Waals surface area contributed by atoms with E-state index in [9.17, 15) is 5.11 Å². The molecule has 0 aliphatic carbocycles. The van der Waals surface area contributed by atoms with Crippen molar-refractivity contribution in [3.63, 3.8) is 0 Å². The number of fused-ring (bicyclic) bond motifs is 1. The first kappa shape index (κ1) is 16.1. The molecular formula is C19H26N2O3. The summed E-state index contributed by atoms with van der Waals surface area (Å²) < 4.78 is 10.9. The van der Waals surface area contributed by atoms with Crippen molar-refractivity contribution in [2.75, 3.05) is 52.5 Å². The number of aliphatic hydroxyl groups is 1. The molecule has 5 nitrogen and oxygen atoms in total. The number of likely N-dealkylation sites (tertiary alicyclic amines) is 1. The van der Waals surface area contributed by atoms with Crippen LogP contribution in [0.1, 0.15) is 5.56 Å². The monoisotopic (exact) mass is 330 g/mol. The minimum absolute atomic E-state index is 0.284. The summed E-state index contributed by atoms with van der Waals surface area (Å²) in [5.41, 5.74) is 2.26. The van der Waals surface area contributed by atoms with Gasteiger partial charge in [-0.05, 0) is 35.6 Å². The number of ether oxygens (including phenoxy) is 1. The summed E-state index contributed by atoms with van der Waals surface area (Å²) in [5, 5.41) is 10.9. The van der Waals surface area contributed by atoms with Crippen LogP contribution in [0.25, 0.3) is 11.0 Å². The van der Waals surface area contributed by atoms with Gasteiger partial charge in [-0.3, -0.25) is 9.80 Å². The predicted molar refractivity (Wildman–Crippen MR) is 92.8 cm³/mol. The summed E-state index contributed by atoms with van der Waals surface area (Å²) in [6.45, 7) is 8.06. The van der Waals surface area contributed by atoms with Crippen LogP contribution in [-0.4, -0.2) is 67.5 Å². The number of rotatable bonds is 5. The first-order chi connectivity index (χ1) is 11.8. The molecule has 0 amide bonds. The molecule has 0 radical (unpaired) electrons. The highest BCUT2D eigenvalue weighted by Gasteiger charge is 2.33. The fraction of sp³-hybridized carbons (Fsp3) is 0.579. The van der Waals surface area contributed by atoms with Crippen molar-refractivity contribution in [2.45, 2.75) is 6.54 Å². The van der Waals surface area contributed by atoms with Crippen molar-refractivity contribution < 1.29 is 14.3 Å². The number of morpholine rings is 1. The second-order valence-electron chi connectivity index (χ2n) is 7.10. The van der Waals surface area contributed by atoms with Crippen LogP contribution >= 0.6 is 0 Å². The van der Waals surface area contributed by atoms with Crippen LogP contribution in [0.4, 0.5) is 0 Å². The molecule has 4 rings (SSSR count). The van der Waals surface area contributed by atoms with Gasteiger partial charge >= 0.3 is 0 Å². The predicted octanol–water partition coefficient (Wildman–Crippen LogP) is 1.81. The molecule has 1 aromatic carbocycles. The maximum atomic E-state index is 9.78. The molecular weight excluding hydrogens is 304 g/mol. The number of hydrogen-bond donors (Lipinski definition) is 1. The van der Waals surface area contributed by atoms with E-state index in [2.05, 4.69) is 28.0 Å². The SMILES string of the molecule is OC[C@@H]1CN(Cc2ccc3occc3c2)C[C@@H]1CN1CCOCC1. The lowest BCUT2D eigenvalue weighted by molar-refractivity contribution is 0.0264. The molecule has 0 saturated carbocycles. The van der Waals surface area contributed by atoms with E-state index in [-0.39, 0.29) is 6.61 Å². The Bertz CT molecular complexity index is 665. The molecule has 2 aromatic rings. The topological polar surface area (TPSA) is 49.1 Å². The van der Waals surface area contributed by atoms with Gasteiger partial charge in [0.25, 0.3) is 0 Å². The van der Waals surface area contributed by atoms with Crippen molar-refractivity contribution in [2.24, 2.45) is 11.8 Å². The fourth-order valence-electron chi connectivity index (χ4n) is 4.07. The lowest BCUT2D eigenvalue weighted by Gasteiger charge is -2.30. The summed E-state index contributed by atoms with van der Waals surface area (Å²) in [7, 11) is 0. The number of aliphatic hydroxyl groups excluding tert-OH is 1. The Balaban J connectivity index is 1.38. The molecule has 0 bridgehead atoms. The first-order valence-corrected chi connectivity index (χ1v) is 8.91. The summed E-state index contributed by atoms with van der Waals surface area (Å²) >= 11 is 0. The van der Waals surface area contributed by atoms with Gasteiger partial charge in [-0.2, -0.15) is 0 Å². The van der Waals surface area contributed by atoms with Gasteiger partial charge in [0, 0.05) is 51.3 Å². The average molecular weight is 330 g/mol. The lowest BCUT2D eigenvalue weighted by Crippen LogP contribution is -2.41. The van der Waals surface area contributed by atoms with E-state index < -0.39 is 0 Å². The highest BCUT2D eigenvalue weighted by atomic mass is 16.5. The molecule has 2 atom stereocenters. The molecule has 2 saturated heterocycles. The first-order valence-electron chi connectivity index (χ1n) is 8.91.